The van der Waals surface area contributed by atoms with E-state index in [9.17, 15) is 13.2 Å². The third kappa shape index (κ3) is 4.77. The molecule has 28 heavy (non-hydrogen) atoms. The number of hydrogen-bond acceptors (Lipinski definition) is 7. The van der Waals surface area contributed by atoms with Crippen LogP contribution in [0, 0.1) is 6.92 Å². The molecule has 0 amide bonds. The Kier molecular flexibility index (Phi) is 5.51. The largest absolute Gasteiger partial charge is 0.490 e. The van der Waals surface area contributed by atoms with Crippen LogP contribution in [0.3, 0.4) is 0 Å². The zero-order chi connectivity index (χ0) is 20.3. The third-order valence-electron chi connectivity index (χ3n) is 3.70. The molecule has 0 atom stereocenters. The van der Waals surface area contributed by atoms with Gasteiger partial charge in [0, 0.05) is 5.56 Å². The van der Waals surface area contributed by atoms with E-state index in [0.29, 0.717) is 17.7 Å². The molecule has 0 bridgehead atoms. The summed E-state index contributed by atoms with van der Waals surface area (Å²) in [5.74, 6) is -0.00563. The summed E-state index contributed by atoms with van der Waals surface area (Å²) < 4.78 is 38.4. The van der Waals surface area contributed by atoms with Gasteiger partial charge in [0.25, 0.3) is 0 Å². The second-order valence-electron chi connectivity index (χ2n) is 6.13. The number of ether oxygens (including phenoxy) is 2. The minimum absolute atomic E-state index is 0.0736. The highest BCUT2D eigenvalue weighted by Crippen LogP contribution is 2.31. The lowest BCUT2D eigenvalue weighted by Crippen LogP contribution is -2.07. The van der Waals surface area contributed by atoms with Crippen LogP contribution in [0.25, 0.3) is 6.08 Å². The van der Waals surface area contributed by atoms with Gasteiger partial charge in [0.15, 0.2) is 17.2 Å². The SMILES string of the molecule is CCOc1cc(C=C2N=C(c3cccc(C)c3)OC2=O)ccc1OS(C)(=O)=O. The van der Waals surface area contributed by atoms with Gasteiger partial charge >= 0.3 is 16.1 Å². The zero-order valence-electron chi connectivity index (χ0n) is 15.6. The average molecular weight is 401 g/mol. The summed E-state index contributed by atoms with van der Waals surface area (Å²) in [4.78, 5) is 16.4. The number of cyclic esters (lactones) is 1. The van der Waals surface area contributed by atoms with Gasteiger partial charge in [-0.2, -0.15) is 8.42 Å². The molecule has 0 aliphatic carbocycles. The van der Waals surface area contributed by atoms with Gasteiger partial charge in [-0.3, -0.25) is 0 Å². The van der Waals surface area contributed by atoms with E-state index in [0.717, 1.165) is 11.8 Å². The lowest BCUT2D eigenvalue weighted by Gasteiger charge is -2.10. The molecule has 1 aliphatic rings. The normalized spacial score (nSPS) is 15.3. The summed E-state index contributed by atoms with van der Waals surface area (Å²) in [6.45, 7) is 4.02. The van der Waals surface area contributed by atoms with E-state index in [2.05, 4.69) is 4.99 Å². The van der Waals surface area contributed by atoms with Crippen molar-refractivity contribution >= 4 is 28.1 Å². The van der Waals surface area contributed by atoms with Crippen molar-refractivity contribution in [1.82, 2.24) is 0 Å². The number of benzene rings is 2. The predicted molar refractivity (Wildman–Crippen MR) is 105 cm³/mol. The summed E-state index contributed by atoms with van der Waals surface area (Å²) in [6, 6.07) is 12.1. The molecule has 0 aromatic heterocycles. The molecule has 0 fully saturated rings. The van der Waals surface area contributed by atoms with Gasteiger partial charge in [-0.15, -0.1) is 0 Å². The van der Waals surface area contributed by atoms with Crippen LogP contribution < -0.4 is 8.92 Å². The molecule has 0 unspecified atom stereocenters. The number of aliphatic imine (C=N–C) groups is 1. The molecule has 0 saturated heterocycles. The van der Waals surface area contributed by atoms with Crippen molar-refractivity contribution in [2.45, 2.75) is 13.8 Å². The zero-order valence-corrected chi connectivity index (χ0v) is 16.4. The number of aryl methyl sites for hydroxylation is 1. The molecule has 7 nitrogen and oxygen atoms in total. The van der Waals surface area contributed by atoms with Crippen molar-refractivity contribution in [1.29, 1.82) is 0 Å². The molecule has 2 aromatic rings. The summed E-state index contributed by atoms with van der Waals surface area (Å²) in [5.41, 5.74) is 2.46. The monoisotopic (exact) mass is 401 g/mol. The Morgan fingerprint density at radius 1 is 1.14 bits per heavy atom. The van der Waals surface area contributed by atoms with Crippen LogP contribution >= 0.6 is 0 Å². The van der Waals surface area contributed by atoms with Gasteiger partial charge in [0.05, 0.1) is 12.9 Å². The van der Waals surface area contributed by atoms with Crippen molar-refractivity contribution in [3.8, 4) is 11.5 Å². The molecule has 3 rings (SSSR count). The fourth-order valence-electron chi connectivity index (χ4n) is 2.58. The maximum atomic E-state index is 12.2. The van der Waals surface area contributed by atoms with Gasteiger partial charge < -0.3 is 13.7 Å². The van der Waals surface area contributed by atoms with Gasteiger partial charge in [-0.05, 0) is 49.8 Å². The minimum Gasteiger partial charge on any atom is -0.490 e. The molecule has 2 aromatic carbocycles. The summed E-state index contributed by atoms with van der Waals surface area (Å²) in [6.07, 6.45) is 2.49. The molecular formula is C20H19NO6S. The number of carbonyl (C=O) groups is 1. The Morgan fingerprint density at radius 3 is 2.61 bits per heavy atom. The van der Waals surface area contributed by atoms with E-state index < -0.39 is 16.1 Å². The Balaban J connectivity index is 1.94. The maximum Gasteiger partial charge on any atom is 0.363 e. The van der Waals surface area contributed by atoms with Gasteiger partial charge in [0.1, 0.15) is 0 Å². The van der Waals surface area contributed by atoms with Crippen LogP contribution in [0.15, 0.2) is 53.2 Å². The molecule has 0 saturated carbocycles. The lowest BCUT2D eigenvalue weighted by atomic mass is 10.1. The van der Waals surface area contributed by atoms with Crippen LogP contribution in [-0.4, -0.2) is 33.1 Å². The molecule has 8 heteroatoms. The van der Waals surface area contributed by atoms with Crippen molar-refractivity contribution in [3.63, 3.8) is 0 Å². The van der Waals surface area contributed by atoms with Crippen LogP contribution in [-0.2, 0) is 19.6 Å². The number of nitrogens with zero attached hydrogens (tertiary/aromatic N) is 1. The molecule has 0 spiro atoms. The number of esters is 1. The highest BCUT2D eigenvalue weighted by Gasteiger charge is 2.24. The van der Waals surface area contributed by atoms with Crippen molar-refractivity contribution in [2.24, 2.45) is 4.99 Å². The topological polar surface area (TPSA) is 91.3 Å². The molecule has 1 aliphatic heterocycles. The van der Waals surface area contributed by atoms with Crippen molar-refractivity contribution in [2.75, 3.05) is 12.9 Å². The summed E-state index contributed by atoms with van der Waals surface area (Å²) in [5, 5.41) is 0. The maximum absolute atomic E-state index is 12.2. The van der Waals surface area contributed by atoms with E-state index in [1.165, 1.54) is 12.1 Å². The Morgan fingerprint density at radius 2 is 1.93 bits per heavy atom. The van der Waals surface area contributed by atoms with Gasteiger partial charge in [-0.25, -0.2) is 9.79 Å². The second kappa shape index (κ2) is 7.85. The van der Waals surface area contributed by atoms with Crippen molar-refractivity contribution < 1.29 is 26.9 Å². The highest BCUT2D eigenvalue weighted by molar-refractivity contribution is 7.86. The van der Waals surface area contributed by atoms with E-state index in [1.807, 2.05) is 31.2 Å². The van der Waals surface area contributed by atoms with Crippen LogP contribution in [0.1, 0.15) is 23.6 Å². The standard InChI is InChI=1S/C20H19NO6S/c1-4-25-18-12-14(8-9-17(18)27-28(3,23)24)11-16-20(22)26-19(21-16)15-7-5-6-13(2)10-15/h5-12H,4H2,1-3H3. The third-order valence-corrected chi connectivity index (χ3v) is 4.18. The molecule has 0 radical (unpaired) electrons. The minimum atomic E-state index is -3.69. The smallest absolute Gasteiger partial charge is 0.363 e. The van der Waals surface area contributed by atoms with Crippen LogP contribution in [0.4, 0.5) is 0 Å². The first kappa shape index (κ1) is 19.6. The van der Waals surface area contributed by atoms with Gasteiger partial charge in [-0.1, -0.05) is 23.8 Å². The molecule has 146 valence electrons. The number of hydrogen-bond donors (Lipinski definition) is 0. The fourth-order valence-corrected chi connectivity index (χ4v) is 3.05. The first-order valence-electron chi connectivity index (χ1n) is 8.51. The Bertz CT molecular complexity index is 1090. The highest BCUT2D eigenvalue weighted by atomic mass is 32.2. The Labute approximate surface area is 163 Å². The average Bonchev–Trinajstić information content (AvgIpc) is 2.97. The number of rotatable bonds is 6. The first-order valence-corrected chi connectivity index (χ1v) is 10.3. The molecule has 1 heterocycles. The van der Waals surface area contributed by atoms with Crippen LogP contribution in [0.5, 0.6) is 11.5 Å². The fraction of sp³-hybridized carbons (Fsp3) is 0.200. The van der Waals surface area contributed by atoms with E-state index in [1.54, 1.807) is 19.1 Å². The molecular weight excluding hydrogens is 382 g/mol. The van der Waals surface area contributed by atoms with Crippen molar-refractivity contribution in [3.05, 3.63) is 64.9 Å². The van der Waals surface area contributed by atoms with Crippen LogP contribution in [0.2, 0.25) is 0 Å². The summed E-state index contributed by atoms with van der Waals surface area (Å²) >= 11 is 0. The van der Waals surface area contributed by atoms with Gasteiger partial charge in [0.2, 0.25) is 5.90 Å². The van der Waals surface area contributed by atoms with E-state index >= 15 is 0 Å². The number of carbonyl (C=O) groups excluding carboxylic acids is 1. The first-order chi connectivity index (χ1) is 13.2. The predicted octanol–water partition coefficient (Wildman–Crippen LogP) is 3.08. The molecule has 0 N–H and O–H groups in total. The summed E-state index contributed by atoms with van der Waals surface area (Å²) in [7, 11) is -3.69. The van der Waals surface area contributed by atoms with E-state index in [-0.39, 0.29) is 23.1 Å². The van der Waals surface area contributed by atoms with E-state index in [4.69, 9.17) is 13.7 Å². The Hall–Kier alpha value is -3.13. The lowest BCUT2D eigenvalue weighted by molar-refractivity contribution is -0.129. The second-order valence-corrected chi connectivity index (χ2v) is 7.71. The quantitative estimate of drug-likeness (QED) is 0.420.